The minimum atomic E-state index is 0.613. The van der Waals surface area contributed by atoms with Crippen LogP contribution in [0.4, 0.5) is 5.69 Å². The van der Waals surface area contributed by atoms with Crippen LogP contribution in [0.2, 0.25) is 5.02 Å². The summed E-state index contributed by atoms with van der Waals surface area (Å²) in [6, 6.07) is 5.61. The van der Waals surface area contributed by atoms with Crippen LogP contribution in [0.15, 0.2) is 23.6 Å². The number of aromatic nitrogens is 1. The lowest BCUT2D eigenvalue weighted by Crippen LogP contribution is -2.00. The predicted molar refractivity (Wildman–Crippen MR) is 72.2 cm³/mol. The number of hydrogen-bond acceptors (Lipinski definition) is 4. The van der Waals surface area contributed by atoms with Gasteiger partial charge in [-0.3, -0.25) is 0 Å². The smallest absolute Gasteiger partial charge is 0.139 e. The molecule has 0 bridgehead atoms. The van der Waals surface area contributed by atoms with E-state index in [0.717, 1.165) is 16.4 Å². The monoisotopic (exact) mass is 268 g/mol. The molecule has 0 unspecified atom stereocenters. The van der Waals surface area contributed by atoms with Crippen molar-refractivity contribution in [3.63, 3.8) is 0 Å². The van der Waals surface area contributed by atoms with E-state index in [4.69, 9.17) is 16.3 Å². The van der Waals surface area contributed by atoms with Gasteiger partial charge in [0.05, 0.1) is 29.4 Å². The first-order valence-electron chi connectivity index (χ1n) is 5.17. The van der Waals surface area contributed by atoms with Crippen LogP contribution in [0.1, 0.15) is 10.7 Å². The maximum Gasteiger partial charge on any atom is 0.139 e. The van der Waals surface area contributed by atoms with Gasteiger partial charge in [-0.1, -0.05) is 11.6 Å². The SMILES string of the molecule is COc1cc(NCc2csc(C)n2)ccc1Cl. The first-order valence-corrected chi connectivity index (χ1v) is 6.43. The Morgan fingerprint density at radius 2 is 2.29 bits per heavy atom. The average Bonchev–Trinajstić information content (AvgIpc) is 2.74. The van der Waals surface area contributed by atoms with Crippen LogP contribution < -0.4 is 10.1 Å². The Balaban J connectivity index is 2.04. The Morgan fingerprint density at radius 1 is 1.47 bits per heavy atom. The molecule has 0 spiro atoms. The molecule has 3 nitrogen and oxygen atoms in total. The molecule has 2 rings (SSSR count). The van der Waals surface area contributed by atoms with E-state index in [0.29, 0.717) is 17.3 Å². The molecule has 5 heteroatoms. The van der Waals surface area contributed by atoms with E-state index in [9.17, 15) is 0 Å². The van der Waals surface area contributed by atoms with E-state index in [1.807, 2.05) is 25.1 Å². The zero-order valence-electron chi connectivity index (χ0n) is 9.66. The molecular weight excluding hydrogens is 256 g/mol. The van der Waals surface area contributed by atoms with Crippen LogP contribution in [0.5, 0.6) is 5.75 Å². The van der Waals surface area contributed by atoms with Crippen molar-refractivity contribution < 1.29 is 4.74 Å². The Bertz CT molecular complexity index is 513. The number of ether oxygens (including phenoxy) is 1. The van der Waals surface area contributed by atoms with Crippen LogP contribution in [-0.4, -0.2) is 12.1 Å². The molecule has 90 valence electrons. The molecule has 0 saturated heterocycles. The van der Waals surface area contributed by atoms with Crippen molar-refractivity contribution in [1.29, 1.82) is 0 Å². The van der Waals surface area contributed by atoms with Crippen molar-refractivity contribution in [3.8, 4) is 5.75 Å². The van der Waals surface area contributed by atoms with Gasteiger partial charge in [-0.05, 0) is 19.1 Å². The second kappa shape index (κ2) is 5.38. The Kier molecular flexibility index (Phi) is 3.86. The third-order valence-electron chi connectivity index (χ3n) is 2.29. The summed E-state index contributed by atoms with van der Waals surface area (Å²) in [4.78, 5) is 4.38. The molecule has 2 aromatic rings. The van der Waals surface area contributed by atoms with Crippen LogP contribution >= 0.6 is 22.9 Å². The van der Waals surface area contributed by atoms with Gasteiger partial charge < -0.3 is 10.1 Å². The summed E-state index contributed by atoms with van der Waals surface area (Å²) in [6.07, 6.45) is 0. The number of rotatable bonds is 4. The zero-order chi connectivity index (χ0) is 12.3. The van der Waals surface area contributed by atoms with Gasteiger partial charge in [-0.15, -0.1) is 11.3 Å². The highest BCUT2D eigenvalue weighted by Crippen LogP contribution is 2.27. The van der Waals surface area contributed by atoms with Gasteiger partial charge in [-0.25, -0.2) is 4.98 Å². The van der Waals surface area contributed by atoms with Crippen LogP contribution in [0.3, 0.4) is 0 Å². The molecule has 0 aliphatic carbocycles. The second-order valence-electron chi connectivity index (χ2n) is 3.56. The molecule has 17 heavy (non-hydrogen) atoms. The largest absolute Gasteiger partial charge is 0.495 e. The molecule has 0 atom stereocenters. The van der Waals surface area contributed by atoms with Crippen molar-refractivity contribution in [2.75, 3.05) is 12.4 Å². The minimum Gasteiger partial charge on any atom is -0.495 e. The van der Waals surface area contributed by atoms with E-state index in [1.54, 1.807) is 18.4 Å². The summed E-state index contributed by atoms with van der Waals surface area (Å²) in [5.41, 5.74) is 2.01. The third kappa shape index (κ3) is 3.11. The highest BCUT2D eigenvalue weighted by Gasteiger charge is 2.02. The number of nitrogens with one attached hydrogen (secondary N) is 1. The van der Waals surface area contributed by atoms with E-state index in [1.165, 1.54) is 0 Å². The minimum absolute atomic E-state index is 0.613. The molecule has 0 radical (unpaired) electrons. The summed E-state index contributed by atoms with van der Waals surface area (Å²) >= 11 is 7.61. The van der Waals surface area contributed by atoms with Gasteiger partial charge in [0.2, 0.25) is 0 Å². The summed E-state index contributed by atoms with van der Waals surface area (Å²) < 4.78 is 5.16. The maximum absolute atomic E-state index is 5.95. The highest BCUT2D eigenvalue weighted by atomic mass is 35.5. The fraction of sp³-hybridized carbons (Fsp3) is 0.250. The topological polar surface area (TPSA) is 34.1 Å². The molecule has 0 saturated carbocycles. The second-order valence-corrected chi connectivity index (χ2v) is 5.03. The average molecular weight is 269 g/mol. The number of aryl methyl sites for hydroxylation is 1. The van der Waals surface area contributed by atoms with Crippen molar-refractivity contribution in [2.24, 2.45) is 0 Å². The van der Waals surface area contributed by atoms with Gasteiger partial charge >= 0.3 is 0 Å². The molecule has 0 aliphatic heterocycles. The van der Waals surface area contributed by atoms with Gasteiger partial charge in [-0.2, -0.15) is 0 Å². The number of anilines is 1. The Morgan fingerprint density at radius 3 is 2.94 bits per heavy atom. The first-order chi connectivity index (χ1) is 8.19. The molecule has 1 heterocycles. The van der Waals surface area contributed by atoms with Crippen molar-refractivity contribution in [2.45, 2.75) is 13.5 Å². The van der Waals surface area contributed by atoms with E-state index in [2.05, 4.69) is 15.7 Å². The normalized spacial score (nSPS) is 10.3. The fourth-order valence-corrected chi connectivity index (χ4v) is 2.26. The number of nitrogens with zero attached hydrogens (tertiary/aromatic N) is 1. The molecule has 0 amide bonds. The molecule has 0 fully saturated rings. The summed E-state index contributed by atoms with van der Waals surface area (Å²) in [7, 11) is 1.61. The first kappa shape index (κ1) is 12.2. The van der Waals surface area contributed by atoms with E-state index in [-0.39, 0.29) is 0 Å². The van der Waals surface area contributed by atoms with Crippen molar-refractivity contribution in [3.05, 3.63) is 39.3 Å². The lowest BCUT2D eigenvalue weighted by molar-refractivity contribution is 0.415. The van der Waals surface area contributed by atoms with Crippen LogP contribution in [0.25, 0.3) is 0 Å². The quantitative estimate of drug-likeness (QED) is 0.918. The molecule has 0 aliphatic rings. The summed E-state index contributed by atoms with van der Waals surface area (Å²) in [5.74, 6) is 0.672. The molecule has 1 N–H and O–H groups in total. The van der Waals surface area contributed by atoms with Gasteiger partial charge in [0, 0.05) is 17.1 Å². The fourth-order valence-electron chi connectivity index (χ4n) is 1.45. The zero-order valence-corrected chi connectivity index (χ0v) is 11.2. The lowest BCUT2D eigenvalue weighted by atomic mass is 10.3. The number of benzene rings is 1. The summed E-state index contributed by atoms with van der Waals surface area (Å²) in [5, 5.41) is 7.03. The number of methoxy groups -OCH3 is 1. The predicted octanol–water partition coefficient (Wildman–Crippen LogP) is 3.73. The molecular formula is C12H13ClN2OS. The Hall–Kier alpha value is -1.26. The van der Waals surface area contributed by atoms with Gasteiger partial charge in [0.15, 0.2) is 0 Å². The third-order valence-corrected chi connectivity index (χ3v) is 3.43. The van der Waals surface area contributed by atoms with Gasteiger partial charge in [0.1, 0.15) is 5.75 Å². The van der Waals surface area contributed by atoms with Crippen molar-refractivity contribution in [1.82, 2.24) is 4.98 Å². The van der Waals surface area contributed by atoms with E-state index < -0.39 is 0 Å². The molecule has 1 aromatic heterocycles. The van der Waals surface area contributed by atoms with Crippen LogP contribution in [-0.2, 0) is 6.54 Å². The lowest BCUT2D eigenvalue weighted by Gasteiger charge is -2.08. The molecule has 1 aromatic carbocycles. The van der Waals surface area contributed by atoms with E-state index >= 15 is 0 Å². The standard InChI is InChI=1S/C12H13ClN2OS/c1-8-15-10(7-17-8)6-14-9-3-4-11(13)12(5-9)16-2/h3-5,7,14H,6H2,1-2H3. The van der Waals surface area contributed by atoms with Gasteiger partial charge in [0.25, 0.3) is 0 Å². The number of halogens is 1. The van der Waals surface area contributed by atoms with Crippen LogP contribution in [0, 0.1) is 6.92 Å². The number of thiazole rings is 1. The highest BCUT2D eigenvalue weighted by molar-refractivity contribution is 7.09. The summed E-state index contributed by atoms with van der Waals surface area (Å²) in [6.45, 7) is 2.70. The number of hydrogen-bond donors (Lipinski definition) is 1. The van der Waals surface area contributed by atoms with Crippen molar-refractivity contribution >= 4 is 28.6 Å². The maximum atomic E-state index is 5.95. The Labute approximate surface area is 109 Å².